The molecule has 1 aromatic rings. The van der Waals surface area contributed by atoms with E-state index in [1.807, 2.05) is 0 Å². The van der Waals surface area contributed by atoms with Gasteiger partial charge in [-0.3, -0.25) is 0 Å². The van der Waals surface area contributed by atoms with Crippen LogP contribution in [0.25, 0.3) is 0 Å². The summed E-state index contributed by atoms with van der Waals surface area (Å²) in [5.41, 5.74) is 7.49. The molecule has 3 N–H and O–H groups in total. The lowest BCUT2D eigenvalue weighted by Crippen LogP contribution is -2.42. The van der Waals surface area contributed by atoms with Gasteiger partial charge in [-0.05, 0) is 43.4 Å². The van der Waals surface area contributed by atoms with E-state index >= 15 is 0 Å². The second kappa shape index (κ2) is 6.38. The van der Waals surface area contributed by atoms with Crippen molar-refractivity contribution >= 4 is 15.9 Å². The van der Waals surface area contributed by atoms with Gasteiger partial charge in [0, 0.05) is 28.5 Å². The minimum atomic E-state index is 0.156. The molecule has 0 radical (unpaired) electrons. The Morgan fingerprint density at radius 1 is 1.26 bits per heavy atom. The standard InChI is InChI=1S/C16H25BrN2/c1-16(2,12-4-3-5-13(17)10-12)11-19-15-8-6-14(18)7-9-15/h3-5,10,14-15,19H,6-9,11,18H2,1-2H3. The predicted molar refractivity (Wildman–Crippen MR) is 85.4 cm³/mol. The number of rotatable bonds is 4. The Balaban J connectivity index is 1.90. The normalized spacial score (nSPS) is 24.4. The molecule has 0 amide bonds. The molecule has 0 spiro atoms. The molecule has 0 aliphatic heterocycles. The molecule has 2 nitrogen and oxygen atoms in total. The highest BCUT2D eigenvalue weighted by molar-refractivity contribution is 9.10. The van der Waals surface area contributed by atoms with E-state index in [9.17, 15) is 0 Å². The molecular formula is C16H25BrN2. The summed E-state index contributed by atoms with van der Waals surface area (Å²) in [5.74, 6) is 0. The van der Waals surface area contributed by atoms with E-state index in [1.165, 1.54) is 18.4 Å². The Bertz CT molecular complexity index is 409. The predicted octanol–water partition coefficient (Wildman–Crippen LogP) is 3.59. The molecule has 0 atom stereocenters. The van der Waals surface area contributed by atoms with Crippen LogP contribution in [0.3, 0.4) is 0 Å². The minimum absolute atomic E-state index is 0.156. The minimum Gasteiger partial charge on any atom is -0.328 e. The van der Waals surface area contributed by atoms with Crippen LogP contribution in [0.4, 0.5) is 0 Å². The van der Waals surface area contributed by atoms with Crippen LogP contribution in [0.2, 0.25) is 0 Å². The average molecular weight is 325 g/mol. The number of nitrogens with one attached hydrogen (secondary N) is 1. The maximum atomic E-state index is 5.95. The summed E-state index contributed by atoms with van der Waals surface area (Å²) in [4.78, 5) is 0. The van der Waals surface area contributed by atoms with Gasteiger partial charge in [-0.2, -0.15) is 0 Å². The molecule has 0 saturated heterocycles. The highest BCUT2D eigenvalue weighted by Crippen LogP contribution is 2.26. The van der Waals surface area contributed by atoms with Gasteiger partial charge in [-0.25, -0.2) is 0 Å². The van der Waals surface area contributed by atoms with E-state index in [-0.39, 0.29) is 5.41 Å². The third kappa shape index (κ3) is 4.30. The van der Waals surface area contributed by atoms with Gasteiger partial charge in [0.15, 0.2) is 0 Å². The highest BCUT2D eigenvalue weighted by Gasteiger charge is 2.24. The molecule has 0 heterocycles. The molecule has 1 fully saturated rings. The van der Waals surface area contributed by atoms with Crippen LogP contribution < -0.4 is 11.1 Å². The van der Waals surface area contributed by atoms with Gasteiger partial charge in [0.2, 0.25) is 0 Å². The third-order valence-corrected chi connectivity index (χ3v) is 4.70. The van der Waals surface area contributed by atoms with Gasteiger partial charge in [0.25, 0.3) is 0 Å². The Morgan fingerprint density at radius 2 is 1.95 bits per heavy atom. The molecule has 0 bridgehead atoms. The van der Waals surface area contributed by atoms with Crippen LogP contribution in [0, 0.1) is 0 Å². The zero-order valence-corrected chi connectivity index (χ0v) is 13.5. The van der Waals surface area contributed by atoms with Crippen LogP contribution in [-0.4, -0.2) is 18.6 Å². The van der Waals surface area contributed by atoms with Crippen molar-refractivity contribution in [2.24, 2.45) is 5.73 Å². The number of halogens is 1. The van der Waals surface area contributed by atoms with Crippen LogP contribution in [0.5, 0.6) is 0 Å². The van der Waals surface area contributed by atoms with Gasteiger partial charge in [-0.1, -0.05) is 41.9 Å². The SMILES string of the molecule is CC(C)(CNC1CCC(N)CC1)c1cccc(Br)c1. The fourth-order valence-corrected chi connectivity index (χ4v) is 3.13. The third-order valence-electron chi connectivity index (χ3n) is 4.21. The maximum absolute atomic E-state index is 5.95. The second-order valence-corrected chi connectivity index (χ2v) is 7.30. The molecule has 19 heavy (non-hydrogen) atoms. The van der Waals surface area contributed by atoms with Crippen molar-refractivity contribution in [3.05, 3.63) is 34.3 Å². The zero-order chi connectivity index (χ0) is 13.9. The van der Waals surface area contributed by atoms with E-state index in [0.717, 1.165) is 23.9 Å². The quantitative estimate of drug-likeness (QED) is 0.888. The first-order chi connectivity index (χ1) is 8.97. The van der Waals surface area contributed by atoms with Gasteiger partial charge in [-0.15, -0.1) is 0 Å². The van der Waals surface area contributed by atoms with E-state index in [0.29, 0.717) is 12.1 Å². The molecule has 1 saturated carbocycles. The Hall–Kier alpha value is -0.380. The van der Waals surface area contributed by atoms with Crippen molar-refractivity contribution in [1.29, 1.82) is 0 Å². The van der Waals surface area contributed by atoms with Gasteiger partial charge >= 0.3 is 0 Å². The number of hydrogen-bond donors (Lipinski definition) is 2. The number of benzene rings is 1. The lowest BCUT2D eigenvalue weighted by molar-refractivity contribution is 0.320. The van der Waals surface area contributed by atoms with Gasteiger partial charge in [0.05, 0.1) is 0 Å². The highest BCUT2D eigenvalue weighted by atomic mass is 79.9. The summed E-state index contributed by atoms with van der Waals surface area (Å²) in [7, 11) is 0. The van der Waals surface area contributed by atoms with Crippen molar-refractivity contribution in [2.75, 3.05) is 6.54 Å². The molecule has 2 rings (SSSR count). The lowest BCUT2D eigenvalue weighted by Gasteiger charge is -2.32. The van der Waals surface area contributed by atoms with Crippen molar-refractivity contribution in [3.63, 3.8) is 0 Å². The first-order valence-corrected chi connectivity index (χ1v) is 8.02. The lowest BCUT2D eigenvalue weighted by atomic mass is 9.83. The van der Waals surface area contributed by atoms with Gasteiger partial charge in [0.1, 0.15) is 0 Å². The largest absolute Gasteiger partial charge is 0.328 e. The Labute approximate surface area is 125 Å². The Morgan fingerprint density at radius 3 is 2.58 bits per heavy atom. The summed E-state index contributed by atoms with van der Waals surface area (Å²) in [6.45, 7) is 5.62. The first kappa shape index (κ1) is 15.0. The number of nitrogens with two attached hydrogens (primary N) is 1. The molecule has 106 valence electrons. The van der Waals surface area contributed by atoms with Crippen molar-refractivity contribution < 1.29 is 0 Å². The smallest absolute Gasteiger partial charge is 0.0178 e. The summed E-state index contributed by atoms with van der Waals surface area (Å²) in [5, 5.41) is 3.73. The van der Waals surface area contributed by atoms with Gasteiger partial charge < -0.3 is 11.1 Å². The Kier molecular flexibility index (Phi) is 5.04. The van der Waals surface area contributed by atoms with Crippen LogP contribution in [0.15, 0.2) is 28.7 Å². The summed E-state index contributed by atoms with van der Waals surface area (Å²) in [6, 6.07) is 9.69. The van der Waals surface area contributed by atoms with Crippen LogP contribution in [0.1, 0.15) is 45.1 Å². The van der Waals surface area contributed by atoms with E-state index in [2.05, 4.69) is 59.4 Å². The topological polar surface area (TPSA) is 38.0 Å². The van der Waals surface area contributed by atoms with E-state index in [4.69, 9.17) is 5.73 Å². The van der Waals surface area contributed by atoms with Crippen LogP contribution >= 0.6 is 15.9 Å². The molecule has 3 heteroatoms. The molecule has 0 unspecified atom stereocenters. The first-order valence-electron chi connectivity index (χ1n) is 7.22. The fraction of sp³-hybridized carbons (Fsp3) is 0.625. The number of hydrogen-bond acceptors (Lipinski definition) is 2. The fourth-order valence-electron chi connectivity index (χ4n) is 2.73. The average Bonchev–Trinajstić information content (AvgIpc) is 2.38. The molecule has 1 aliphatic rings. The van der Waals surface area contributed by atoms with Crippen LogP contribution in [-0.2, 0) is 5.41 Å². The van der Waals surface area contributed by atoms with Crippen molar-refractivity contribution in [1.82, 2.24) is 5.32 Å². The monoisotopic (exact) mass is 324 g/mol. The summed E-state index contributed by atoms with van der Waals surface area (Å²) < 4.78 is 1.15. The molecule has 0 aromatic heterocycles. The van der Waals surface area contributed by atoms with E-state index in [1.54, 1.807) is 0 Å². The molecule has 1 aromatic carbocycles. The maximum Gasteiger partial charge on any atom is 0.0178 e. The van der Waals surface area contributed by atoms with Crippen molar-refractivity contribution in [2.45, 2.75) is 57.0 Å². The zero-order valence-electron chi connectivity index (χ0n) is 12.0. The van der Waals surface area contributed by atoms with E-state index < -0.39 is 0 Å². The summed E-state index contributed by atoms with van der Waals surface area (Å²) >= 11 is 3.55. The molecule has 1 aliphatic carbocycles. The summed E-state index contributed by atoms with van der Waals surface area (Å²) in [6.07, 6.45) is 4.76. The molecular weight excluding hydrogens is 300 g/mol. The van der Waals surface area contributed by atoms with Crippen molar-refractivity contribution in [3.8, 4) is 0 Å². The second-order valence-electron chi connectivity index (χ2n) is 6.39.